The Morgan fingerprint density at radius 2 is 1.77 bits per heavy atom. The van der Waals surface area contributed by atoms with Crippen molar-refractivity contribution in [3.63, 3.8) is 0 Å². The number of carboxylic acids is 1. The molecule has 0 saturated heterocycles. The number of amides is 1. The van der Waals surface area contributed by atoms with Crippen molar-refractivity contribution in [2.75, 3.05) is 5.32 Å². The van der Waals surface area contributed by atoms with Gasteiger partial charge >= 0.3 is 5.97 Å². The molecule has 0 aliphatic carbocycles. The van der Waals surface area contributed by atoms with Gasteiger partial charge in [0.25, 0.3) is 5.91 Å². The summed E-state index contributed by atoms with van der Waals surface area (Å²) in [6.07, 6.45) is 1.42. The molecule has 0 aliphatic heterocycles. The maximum atomic E-state index is 12.5. The van der Waals surface area contributed by atoms with E-state index in [2.05, 4.69) is 21.2 Å². The molecular formula is C24H17BrN2O4. The lowest BCUT2D eigenvalue weighted by molar-refractivity contribution is -0.112. The van der Waals surface area contributed by atoms with Crippen LogP contribution in [0.15, 0.2) is 82.8 Å². The molecule has 6 nitrogen and oxygen atoms in total. The zero-order chi connectivity index (χ0) is 22.2. The third kappa shape index (κ3) is 5.81. The summed E-state index contributed by atoms with van der Waals surface area (Å²) in [6.45, 7) is 0.406. The van der Waals surface area contributed by atoms with Crippen molar-refractivity contribution < 1.29 is 19.4 Å². The summed E-state index contributed by atoms with van der Waals surface area (Å²) < 4.78 is 6.48. The number of nitriles is 1. The van der Waals surface area contributed by atoms with Gasteiger partial charge in [-0.2, -0.15) is 5.26 Å². The number of halogens is 1. The van der Waals surface area contributed by atoms with Crippen LogP contribution in [0.25, 0.3) is 6.08 Å². The quantitative estimate of drug-likeness (QED) is 0.357. The smallest absolute Gasteiger partial charge is 0.337 e. The van der Waals surface area contributed by atoms with E-state index in [9.17, 15) is 20.0 Å². The topological polar surface area (TPSA) is 99.4 Å². The van der Waals surface area contributed by atoms with Gasteiger partial charge in [0.05, 0.1) is 15.7 Å². The Labute approximate surface area is 187 Å². The molecule has 0 spiro atoms. The fourth-order valence-corrected chi connectivity index (χ4v) is 3.25. The first kappa shape index (κ1) is 21.8. The minimum atomic E-state index is -1.17. The van der Waals surface area contributed by atoms with Crippen LogP contribution in [0.5, 0.6) is 5.75 Å². The number of nitrogens with one attached hydrogen (secondary N) is 1. The lowest BCUT2D eigenvalue weighted by atomic mass is 10.1. The molecule has 0 unspecified atom stereocenters. The van der Waals surface area contributed by atoms with Gasteiger partial charge < -0.3 is 15.2 Å². The third-order valence-electron chi connectivity index (χ3n) is 4.27. The molecule has 0 radical (unpaired) electrons. The van der Waals surface area contributed by atoms with Crippen LogP contribution in [0.2, 0.25) is 0 Å². The maximum Gasteiger partial charge on any atom is 0.337 e. The van der Waals surface area contributed by atoms with Crippen LogP contribution in [0.1, 0.15) is 21.5 Å². The van der Waals surface area contributed by atoms with Gasteiger partial charge in [-0.15, -0.1) is 0 Å². The van der Waals surface area contributed by atoms with E-state index in [1.807, 2.05) is 36.4 Å². The Kier molecular flexibility index (Phi) is 7.20. The molecular weight excluding hydrogens is 460 g/mol. The Morgan fingerprint density at radius 1 is 1.06 bits per heavy atom. The zero-order valence-electron chi connectivity index (χ0n) is 16.2. The maximum absolute atomic E-state index is 12.5. The summed E-state index contributed by atoms with van der Waals surface area (Å²) >= 11 is 3.45. The second kappa shape index (κ2) is 10.2. The van der Waals surface area contributed by atoms with Gasteiger partial charge in [0.15, 0.2) is 0 Å². The molecule has 0 saturated carbocycles. The SMILES string of the molecule is N#C/C(=C\c1ccc(OCc2ccccc2)c(Br)c1)C(=O)Nc1ccccc1C(=O)O. The van der Waals surface area contributed by atoms with E-state index in [-0.39, 0.29) is 16.8 Å². The number of benzene rings is 3. The molecule has 0 heterocycles. The number of nitrogens with zero attached hydrogens (tertiary/aromatic N) is 1. The predicted octanol–water partition coefficient (Wildman–Crippen LogP) is 5.27. The van der Waals surface area contributed by atoms with Crippen molar-refractivity contribution in [3.05, 3.63) is 99.5 Å². The highest BCUT2D eigenvalue weighted by Crippen LogP contribution is 2.28. The average molecular weight is 477 g/mol. The summed E-state index contributed by atoms with van der Waals surface area (Å²) in [7, 11) is 0. The predicted molar refractivity (Wildman–Crippen MR) is 121 cm³/mol. The molecule has 3 aromatic rings. The average Bonchev–Trinajstić information content (AvgIpc) is 2.77. The van der Waals surface area contributed by atoms with E-state index >= 15 is 0 Å². The van der Waals surface area contributed by atoms with Crippen molar-refractivity contribution in [2.24, 2.45) is 0 Å². The van der Waals surface area contributed by atoms with Crippen molar-refractivity contribution in [1.29, 1.82) is 5.26 Å². The molecule has 0 atom stereocenters. The van der Waals surface area contributed by atoms with E-state index in [1.165, 1.54) is 18.2 Å². The number of carboxylic acid groups (broad SMARTS) is 1. The number of aromatic carboxylic acids is 1. The van der Waals surface area contributed by atoms with Gasteiger partial charge in [0.1, 0.15) is 24.0 Å². The minimum absolute atomic E-state index is 0.0594. The van der Waals surface area contributed by atoms with Crippen LogP contribution in [-0.2, 0) is 11.4 Å². The van der Waals surface area contributed by atoms with Crippen LogP contribution in [-0.4, -0.2) is 17.0 Å². The van der Waals surface area contributed by atoms with Gasteiger partial charge in [-0.1, -0.05) is 48.5 Å². The molecule has 0 aromatic heterocycles. The van der Waals surface area contributed by atoms with Crippen molar-refractivity contribution in [2.45, 2.75) is 6.61 Å². The first-order valence-corrected chi connectivity index (χ1v) is 9.99. The van der Waals surface area contributed by atoms with Gasteiger partial charge in [-0.3, -0.25) is 4.79 Å². The second-order valence-corrected chi connectivity index (χ2v) is 7.29. The lowest BCUT2D eigenvalue weighted by Crippen LogP contribution is -2.16. The summed E-state index contributed by atoms with van der Waals surface area (Å²) in [5, 5.41) is 21.1. The highest BCUT2D eigenvalue weighted by Gasteiger charge is 2.15. The number of carbonyl (C=O) groups excluding carboxylic acids is 1. The number of ether oxygens (including phenoxy) is 1. The van der Waals surface area contributed by atoms with Gasteiger partial charge in [0, 0.05) is 0 Å². The number of hydrogen-bond donors (Lipinski definition) is 2. The Hall–Kier alpha value is -3.89. The van der Waals surface area contributed by atoms with Gasteiger partial charge in [-0.05, 0) is 57.4 Å². The molecule has 2 N–H and O–H groups in total. The molecule has 31 heavy (non-hydrogen) atoms. The molecule has 0 aliphatic rings. The summed E-state index contributed by atoms with van der Waals surface area (Å²) in [6, 6.07) is 22.8. The molecule has 7 heteroatoms. The van der Waals surface area contributed by atoms with E-state index in [0.717, 1.165) is 5.56 Å². The van der Waals surface area contributed by atoms with Crippen LogP contribution in [0, 0.1) is 11.3 Å². The second-order valence-electron chi connectivity index (χ2n) is 6.44. The summed E-state index contributed by atoms with van der Waals surface area (Å²) in [5.74, 6) is -1.25. The number of para-hydroxylation sites is 1. The highest BCUT2D eigenvalue weighted by molar-refractivity contribution is 9.10. The molecule has 3 rings (SSSR count). The molecule has 0 bridgehead atoms. The van der Waals surface area contributed by atoms with Crippen LogP contribution >= 0.6 is 15.9 Å². The fraction of sp³-hybridized carbons (Fsp3) is 0.0417. The Bertz CT molecular complexity index is 1180. The fourth-order valence-electron chi connectivity index (χ4n) is 2.74. The first-order valence-electron chi connectivity index (χ1n) is 9.19. The monoisotopic (exact) mass is 476 g/mol. The van der Waals surface area contributed by atoms with Crippen LogP contribution < -0.4 is 10.1 Å². The standard InChI is InChI=1S/C24H17BrN2O4/c25-20-13-17(10-11-22(20)31-15-16-6-2-1-3-7-16)12-18(14-26)23(28)27-21-9-5-4-8-19(21)24(29)30/h1-13H,15H2,(H,27,28)(H,29,30)/b18-12+. The van der Waals surface area contributed by atoms with Crippen LogP contribution in [0.4, 0.5) is 5.69 Å². The summed E-state index contributed by atoms with van der Waals surface area (Å²) in [4.78, 5) is 23.8. The highest BCUT2D eigenvalue weighted by atomic mass is 79.9. The van der Waals surface area contributed by atoms with Gasteiger partial charge in [0.2, 0.25) is 0 Å². The molecule has 3 aromatic carbocycles. The first-order chi connectivity index (χ1) is 15.0. The zero-order valence-corrected chi connectivity index (χ0v) is 17.8. The van der Waals surface area contributed by atoms with E-state index < -0.39 is 11.9 Å². The minimum Gasteiger partial charge on any atom is -0.488 e. The number of hydrogen-bond acceptors (Lipinski definition) is 4. The van der Waals surface area contributed by atoms with E-state index in [4.69, 9.17) is 4.74 Å². The van der Waals surface area contributed by atoms with E-state index in [1.54, 1.807) is 30.3 Å². The van der Waals surface area contributed by atoms with Crippen molar-refractivity contribution in [3.8, 4) is 11.8 Å². The van der Waals surface area contributed by atoms with Gasteiger partial charge in [-0.25, -0.2) is 4.79 Å². The van der Waals surface area contributed by atoms with Crippen molar-refractivity contribution in [1.82, 2.24) is 0 Å². The van der Waals surface area contributed by atoms with Crippen molar-refractivity contribution >= 4 is 39.6 Å². The largest absolute Gasteiger partial charge is 0.488 e. The summed E-state index contributed by atoms with van der Waals surface area (Å²) in [5.41, 5.74) is 1.54. The normalized spacial score (nSPS) is 10.8. The molecule has 154 valence electrons. The van der Waals surface area contributed by atoms with Crippen LogP contribution in [0.3, 0.4) is 0 Å². The molecule has 0 fully saturated rings. The Balaban J connectivity index is 1.75. The number of carbonyl (C=O) groups is 2. The van der Waals surface area contributed by atoms with E-state index in [0.29, 0.717) is 22.4 Å². The lowest BCUT2D eigenvalue weighted by Gasteiger charge is -2.10. The third-order valence-corrected chi connectivity index (χ3v) is 4.89. The molecule has 1 amide bonds. The number of rotatable bonds is 7. The Morgan fingerprint density at radius 3 is 2.45 bits per heavy atom. The number of anilines is 1.